The quantitative estimate of drug-likeness (QED) is 0.811. The number of amides is 1. The van der Waals surface area contributed by atoms with E-state index in [0.29, 0.717) is 0 Å². The van der Waals surface area contributed by atoms with Crippen molar-refractivity contribution >= 4 is 34.8 Å². The molecule has 0 fully saturated rings. The zero-order valence-electron chi connectivity index (χ0n) is 10.2. The summed E-state index contributed by atoms with van der Waals surface area (Å²) >= 11 is 11.2. The van der Waals surface area contributed by atoms with Gasteiger partial charge in [0.15, 0.2) is 0 Å². The van der Waals surface area contributed by atoms with Crippen LogP contribution in [0, 0.1) is 0 Å². The molecule has 1 N–H and O–H groups in total. The molecule has 21 heavy (non-hydrogen) atoms. The maximum Gasteiger partial charge on any atom is 0.416 e. The maximum absolute atomic E-state index is 12.7. The topological polar surface area (TPSA) is 42.0 Å². The molecule has 0 atom stereocenters. The molecular formula is C13H7Cl2F3N2O. The number of carbonyl (C=O) groups excluding carboxylic acids is 1. The highest BCUT2D eigenvalue weighted by Gasteiger charge is 2.31. The Bertz CT molecular complexity index is 672. The van der Waals surface area contributed by atoms with Gasteiger partial charge in [-0.25, -0.2) is 4.98 Å². The average molecular weight is 335 g/mol. The Morgan fingerprint density at radius 3 is 2.43 bits per heavy atom. The van der Waals surface area contributed by atoms with E-state index in [-0.39, 0.29) is 21.4 Å². The van der Waals surface area contributed by atoms with Crippen LogP contribution in [0.3, 0.4) is 0 Å². The number of nitrogens with one attached hydrogen (secondary N) is 1. The standard InChI is InChI=1S/C13H7Cl2F3N2O/c14-9-3-8(13(16,17)18)4-10(5-9)20-12(21)7-1-2-11(15)19-6-7/h1-6H,(H,20,21). The first kappa shape index (κ1) is 15.6. The second kappa shape index (κ2) is 5.91. The zero-order valence-corrected chi connectivity index (χ0v) is 11.7. The van der Waals surface area contributed by atoms with Gasteiger partial charge in [-0.1, -0.05) is 23.2 Å². The molecule has 0 aliphatic rings. The highest BCUT2D eigenvalue weighted by molar-refractivity contribution is 6.31. The normalized spacial score (nSPS) is 11.3. The lowest BCUT2D eigenvalue weighted by molar-refractivity contribution is -0.137. The number of hydrogen-bond acceptors (Lipinski definition) is 2. The molecule has 2 rings (SSSR count). The number of pyridine rings is 1. The van der Waals surface area contributed by atoms with Crippen LogP contribution in [0.5, 0.6) is 0 Å². The molecule has 0 saturated heterocycles. The molecule has 2 aromatic rings. The van der Waals surface area contributed by atoms with Gasteiger partial charge in [0.2, 0.25) is 0 Å². The summed E-state index contributed by atoms with van der Waals surface area (Å²) in [5.74, 6) is -0.616. The molecule has 110 valence electrons. The molecule has 0 radical (unpaired) electrons. The summed E-state index contributed by atoms with van der Waals surface area (Å²) in [5.41, 5.74) is -0.845. The molecule has 0 unspecified atom stereocenters. The van der Waals surface area contributed by atoms with E-state index >= 15 is 0 Å². The molecule has 0 saturated carbocycles. The van der Waals surface area contributed by atoms with Crippen molar-refractivity contribution in [3.63, 3.8) is 0 Å². The Kier molecular flexibility index (Phi) is 4.39. The molecular weight excluding hydrogens is 328 g/mol. The maximum atomic E-state index is 12.7. The summed E-state index contributed by atoms with van der Waals surface area (Å²) in [5, 5.41) is 2.40. The van der Waals surface area contributed by atoms with Crippen LogP contribution in [0.1, 0.15) is 15.9 Å². The molecule has 1 amide bonds. The molecule has 1 heterocycles. The number of rotatable bonds is 2. The van der Waals surface area contributed by atoms with Gasteiger partial charge in [-0.15, -0.1) is 0 Å². The third kappa shape index (κ3) is 4.09. The molecule has 1 aromatic carbocycles. The summed E-state index contributed by atoms with van der Waals surface area (Å²) in [4.78, 5) is 15.6. The Morgan fingerprint density at radius 2 is 1.86 bits per heavy atom. The van der Waals surface area contributed by atoms with Gasteiger partial charge in [0.1, 0.15) is 5.15 Å². The van der Waals surface area contributed by atoms with E-state index in [0.717, 1.165) is 12.1 Å². The van der Waals surface area contributed by atoms with Gasteiger partial charge >= 0.3 is 6.18 Å². The number of alkyl halides is 3. The number of halogens is 5. The fraction of sp³-hybridized carbons (Fsp3) is 0.0769. The summed E-state index contributed by atoms with van der Waals surface area (Å²) in [7, 11) is 0. The third-order valence-corrected chi connectivity index (χ3v) is 2.91. The summed E-state index contributed by atoms with van der Waals surface area (Å²) in [6, 6.07) is 5.60. The molecule has 0 aliphatic carbocycles. The van der Waals surface area contributed by atoms with Gasteiger partial charge in [-0.3, -0.25) is 4.79 Å². The first-order valence-electron chi connectivity index (χ1n) is 5.56. The number of anilines is 1. The van der Waals surface area contributed by atoms with Crippen molar-refractivity contribution in [2.45, 2.75) is 6.18 Å². The van der Waals surface area contributed by atoms with Crippen molar-refractivity contribution in [3.05, 3.63) is 57.8 Å². The highest BCUT2D eigenvalue weighted by atomic mass is 35.5. The summed E-state index contributed by atoms with van der Waals surface area (Å²) < 4.78 is 38.0. The summed E-state index contributed by atoms with van der Waals surface area (Å²) in [6.45, 7) is 0. The van der Waals surface area contributed by atoms with Crippen LogP contribution in [-0.2, 0) is 6.18 Å². The van der Waals surface area contributed by atoms with Gasteiger partial charge < -0.3 is 5.32 Å². The van der Waals surface area contributed by atoms with Gasteiger partial charge in [-0.2, -0.15) is 13.2 Å². The number of hydrogen-bond donors (Lipinski definition) is 1. The lowest BCUT2D eigenvalue weighted by Crippen LogP contribution is -2.13. The second-order valence-corrected chi connectivity index (χ2v) is 4.87. The predicted molar refractivity (Wildman–Crippen MR) is 73.7 cm³/mol. The summed E-state index contributed by atoms with van der Waals surface area (Å²) in [6.07, 6.45) is -3.33. The Morgan fingerprint density at radius 1 is 1.14 bits per heavy atom. The highest BCUT2D eigenvalue weighted by Crippen LogP contribution is 2.33. The first-order chi connectivity index (χ1) is 9.75. The lowest BCUT2D eigenvalue weighted by Gasteiger charge is -2.11. The third-order valence-electron chi connectivity index (χ3n) is 2.47. The molecule has 8 heteroatoms. The fourth-order valence-corrected chi connectivity index (χ4v) is 1.89. The van der Waals surface area contributed by atoms with Gasteiger partial charge in [-0.05, 0) is 30.3 Å². The number of benzene rings is 1. The average Bonchev–Trinajstić information content (AvgIpc) is 2.37. The molecule has 0 bridgehead atoms. The largest absolute Gasteiger partial charge is 0.416 e. The number of carbonyl (C=O) groups is 1. The first-order valence-corrected chi connectivity index (χ1v) is 6.32. The van der Waals surface area contributed by atoms with Crippen molar-refractivity contribution in [3.8, 4) is 0 Å². The van der Waals surface area contributed by atoms with Crippen LogP contribution in [0.4, 0.5) is 18.9 Å². The predicted octanol–water partition coefficient (Wildman–Crippen LogP) is 4.66. The van der Waals surface area contributed by atoms with Crippen LogP contribution in [-0.4, -0.2) is 10.9 Å². The number of aromatic nitrogens is 1. The monoisotopic (exact) mass is 334 g/mol. The van der Waals surface area contributed by atoms with Crippen molar-refractivity contribution in [1.29, 1.82) is 0 Å². The van der Waals surface area contributed by atoms with E-state index < -0.39 is 17.6 Å². The van der Waals surface area contributed by atoms with E-state index in [1.54, 1.807) is 0 Å². The van der Waals surface area contributed by atoms with Crippen molar-refractivity contribution < 1.29 is 18.0 Å². The van der Waals surface area contributed by atoms with E-state index in [2.05, 4.69) is 10.3 Å². The minimum absolute atomic E-state index is 0.0604. The Hall–Kier alpha value is -1.79. The van der Waals surface area contributed by atoms with E-state index in [1.165, 1.54) is 24.4 Å². The number of nitrogens with zero attached hydrogens (tertiary/aromatic N) is 1. The minimum atomic E-state index is -4.55. The van der Waals surface area contributed by atoms with Crippen molar-refractivity contribution in [2.75, 3.05) is 5.32 Å². The molecule has 3 nitrogen and oxygen atoms in total. The van der Waals surface area contributed by atoms with E-state index in [4.69, 9.17) is 23.2 Å². The van der Waals surface area contributed by atoms with Gasteiger partial charge in [0, 0.05) is 16.9 Å². The van der Waals surface area contributed by atoms with Crippen LogP contribution < -0.4 is 5.32 Å². The van der Waals surface area contributed by atoms with Gasteiger partial charge in [0.05, 0.1) is 11.1 Å². The Balaban J connectivity index is 2.25. The van der Waals surface area contributed by atoms with Crippen LogP contribution in [0.25, 0.3) is 0 Å². The Labute approximate surface area is 127 Å². The molecule has 0 aliphatic heterocycles. The van der Waals surface area contributed by atoms with Crippen molar-refractivity contribution in [2.24, 2.45) is 0 Å². The molecule has 0 spiro atoms. The molecule has 1 aromatic heterocycles. The minimum Gasteiger partial charge on any atom is -0.322 e. The lowest BCUT2D eigenvalue weighted by atomic mass is 10.2. The van der Waals surface area contributed by atoms with E-state index in [1.807, 2.05) is 0 Å². The van der Waals surface area contributed by atoms with Crippen LogP contribution in [0.15, 0.2) is 36.5 Å². The van der Waals surface area contributed by atoms with Crippen LogP contribution in [0.2, 0.25) is 10.2 Å². The van der Waals surface area contributed by atoms with E-state index in [9.17, 15) is 18.0 Å². The fourth-order valence-electron chi connectivity index (χ4n) is 1.54. The second-order valence-electron chi connectivity index (χ2n) is 4.05. The van der Waals surface area contributed by atoms with Crippen molar-refractivity contribution in [1.82, 2.24) is 4.98 Å². The SMILES string of the molecule is O=C(Nc1cc(Cl)cc(C(F)(F)F)c1)c1ccc(Cl)nc1. The smallest absolute Gasteiger partial charge is 0.322 e. The van der Waals surface area contributed by atoms with Crippen LogP contribution >= 0.6 is 23.2 Å². The van der Waals surface area contributed by atoms with Gasteiger partial charge in [0.25, 0.3) is 5.91 Å². The zero-order chi connectivity index (χ0) is 15.6.